The molecule has 1 aliphatic rings. The molecule has 1 saturated heterocycles. The Kier molecular flexibility index (Phi) is 5.46. The maximum atomic E-state index is 13.3. The van der Waals surface area contributed by atoms with Crippen molar-refractivity contribution in [3.05, 3.63) is 94.2 Å². The van der Waals surface area contributed by atoms with Gasteiger partial charge < -0.3 is 0 Å². The van der Waals surface area contributed by atoms with Crippen LogP contribution in [0, 0.1) is 0 Å². The van der Waals surface area contributed by atoms with Gasteiger partial charge in [0.1, 0.15) is 11.4 Å². The van der Waals surface area contributed by atoms with Crippen LogP contribution in [0.2, 0.25) is 10.0 Å². The standard InChI is InChI=1S/C24H14Cl2N4O2S/c25-15-6-4-14(5-7-15)21-27-19(20-3-1-2-12-29(20)21)13-18-22(31)28-24(33)30(23(18)32)17-10-8-16(26)9-11-17/h1-13H,(H,28,31,33)/b18-13+. The van der Waals surface area contributed by atoms with Crippen LogP contribution in [0.3, 0.4) is 0 Å². The third-order valence-electron chi connectivity index (χ3n) is 5.15. The molecule has 1 N–H and O–H groups in total. The van der Waals surface area contributed by atoms with E-state index in [0.29, 0.717) is 27.3 Å². The van der Waals surface area contributed by atoms with Crippen molar-refractivity contribution in [3.8, 4) is 11.4 Å². The second-order valence-corrected chi connectivity index (χ2v) is 8.48. The Hall–Kier alpha value is -3.52. The number of amides is 2. The van der Waals surface area contributed by atoms with Crippen molar-refractivity contribution < 1.29 is 9.59 Å². The number of thiocarbonyl (C=S) groups is 1. The van der Waals surface area contributed by atoms with Crippen LogP contribution < -0.4 is 10.2 Å². The van der Waals surface area contributed by atoms with Crippen molar-refractivity contribution in [2.24, 2.45) is 0 Å². The number of fused-ring (bicyclic) bond motifs is 1. The van der Waals surface area contributed by atoms with Gasteiger partial charge >= 0.3 is 0 Å². The summed E-state index contributed by atoms with van der Waals surface area (Å²) >= 11 is 17.2. The number of nitrogens with zero attached hydrogens (tertiary/aromatic N) is 3. The lowest BCUT2D eigenvalue weighted by molar-refractivity contribution is -0.122. The van der Waals surface area contributed by atoms with Crippen LogP contribution in [0.1, 0.15) is 5.69 Å². The first-order valence-corrected chi connectivity index (χ1v) is 11.0. The van der Waals surface area contributed by atoms with E-state index in [-0.39, 0.29) is 10.7 Å². The summed E-state index contributed by atoms with van der Waals surface area (Å²) in [5.74, 6) is -0.473. The van der Waals surface area contributed by atoms with E-state index >= 15 is 0 Å². The summed E-state index contributed by atoms with van der Waals surface area (Å²) in [6.07, 6.45) is 3.35. The van der Waals surface area contributed by atoms with E-state index < -0.39 is 11.8 Å². The van der Waals surface area contributed by atoms with Crippen LogP contribution >= 0.6 is 35.4 Å². The Balaban J connectivity index is 1.62. The van der Waals surface area contributed by atoms with Crippen molar-refractivity contribution in [2.75, 3.05) is 4.90 Å². The Morgan fingerprint density at radius 3 is 2.27 bits per heavy atom. The molecule has 9 heteroatoms. The maximum Gasteiger partial charge on any atom is 0.270 e. The van der Waals surface area contributed by atoms with Gasteiger partial charge in [-0.15, -0.1) is 0 Å². The normalized spacial score (nSPS) is 15.4. The lowest BCUT2D eigenvalue weighted by Gasteiger charge is -2.28. The summed E-state index contributed by atoms with van der Waals surface area (Å²) in [6, 6.07) is 19.5. The Labute approximate surface area is 204 Å². The minimum atomic E-state index is -0.583. The van der Waals surface area contributed by atoms with E-state index in [9.17, 15) is 9.59 Å². The van der Waals surface area contributed by atoms with Gasteiger partial charge in [0.2, 0.25) is 0 Å². The molecule has 0 saturated carbocycles. The largest absolute Gasteiger partial charge is 0.299 e. The Bertz CT molecular complexity index is 1460. The van der Waals surface area contributed by atoms with E-state index in [1.807, 2.05) is 40.9 Å². The molecule has 2 aromatic carbocycles. The van der Waals surface area contributed by atoms with Crippen molar-refractivity contribution in [1.29, 1.82) is 0 Å². The highest BCUT2D eigenvalue weighted by atomic mass is 35.5. The van der Waals surface area contributed by atoms with Gasteiger partial charge in [0.15, 0.2) is 5.11 Å². The van der Waals surface area contributed by atoms with Gasteiger partial charge in [-0.25, -0.2) is 4.98 Å². The van der Waals surface area contributed by atoms with Crippen LogP contribution in [0.25, 0.3) is 23.0 Å². The number of hydrogen-bond acceptors (Lipinski definition) is 4. The number of benzene rings is 2. The number of aromatic nitrogens is 2. The van der Waals surface area contributed by atoms with Gasteiger partial charge in [-0.1, -0.05) is 29.3 Å². The molecular formula is C24H14Cl2N4O2S. The number of halogens is 2. The Morgan fingerprint density at radius 2 is 1.58 bits per heavy atom. The summed E-state index contributed by atoms with van der Waals surface area (Å²) in [5, 5.41) is 3.72. The average molecular weight is 493 g/mol. The van der Waals surface area contributed by atoms with Gasteiger partial charge in [0.25, 0.3) is 11.8 Å². The number of hydrogen-bond donors (Lipinski definition) is 1. The first-order valence-electron chi connectivity index (χ1n) is 9.82. The number of carbonyl (C=O) groups is 2. The smallest absolute Gasteiger partial charge is 0.270 e. The zero-order valence-electron chi connectivity index (χ0n) is 16.8. The average Bonchev–Trinajstić information content (AvgIpc) is 3.17. The van der Waals surface area contributed by atoms with Gasteiger partial charge in [-0.2, -0.15) is 0 Å². The first-order chi connectivity index (χ1) is 15.9. The number of anilines is 1. The molecule has 0 aliphatic carbocycles. The number of carbonyl (C=O) groups excluding carboxylic acids is 2. The van der Waals surface area contributed by atoms with E-state index in [4.69, 9.17) is 40.4 Å². The summed E-state index contributed by atoms with van der Waals surface area (Å²) < 4.78 is 1.89. The van der Waals surface area contributed by atoms with Crippen molar-refractivity contribution in [1.82, 2.24) is 14.7 Å². The molecule has 5 rings (SSSR count). The zero-order valence-corrected chi connectivity index (χ0v) is 19.2. The molecule has 2 amide bonds. The molecule has 0 radical (unpaired) electrons. The number of rotatable bonds is 3. The van der Waals surface area contributed by atoms with Gasteiger partial charge in [0, 0.05) is 21.8 Å². The minimum absolute atomic E-state index is 0.000948. The van der Waals surface area contributed by atoms with E-state index in [2.05, 4.69) is 5.32 Å². The number of nitrogens with one attached hydrogen (secondary N) is 1. The molecule has 1 aliphatic heterocycles. The molecule has 0 spiro atoms. The molecule has 3 heterocycles. The molecule has 162 valence electrons. The Morgan fingerprint density at radius 1 is 0.909 bits per heavy atom. The highest BCUT2D eigenvalue weighted by Gasteiger charge is 2.35. The SMILES string of the molecule is O=C1NC(=S)N(c2ccc(Cl)cc2)C(=O)/C1=C/c1nc(-c2ccc(Cl)cc2)n2ccccc12. The topological polar surface area (TPSA) is 66.7 Å². The second kappa shape index (κ2) is 8.44. The van der Waals surface area contributed by atoms with E-state index in [1.54, 1.807) is 36.4 Å². The fourth-order valence-corrected chi connectivity index (χ4v) is 4.12. The van der Waals surface area contributed by atoms with Crippen molar-refractivity contribution in [3.63, 3.8) is 0 Å². The van der Waals surface area contributed by atoms with Crippen LogP contribution in [-0.4, -0.2) is 26.3 Å². The van der Waals surface area contributed by atoms with Gasteiger partial charge in [-0.05, 0) is 79.0 Å². The van der Waals surface area contributed by atoms with Crippen molar-refractivity contribution in [2.45, 2.75) is 0 Å². The highest BCUT2D eigenvalue weighted by Crippen LogP contribution is 2.28. The summed E-state index contributed by atoms with van der Waals surface area (Å²) in [6.45, 7) is 0. The molecule has 0 bridgehead atoms. The summed E-state index contributed by atoms with van der Waals surface area (Å²) in [4.78, 5) is 32.0. The van der Waals surface area contributed by atoms with Crippen LogP contribution in [0.4, 0.5) is 5.69 Å². The van der Waals surface area contributed by atoms with Gasteiger partial charge in [0.05, 0.1) is 16.9 Å². The highest BCUT2D eigenvalue weighted by molar-refractivity contribution is 7.80. The molecular weight excluding hydrogens is 479 g/mol. The molecule has 0 unspecified atom stereocenters. The monoisotopic (exact) mass is 492 g/mol. The molecule has 4 aromatic rings. The molecule has 6 nitrogen and oxygen atoms in total. The third kappa shape index (κ3) is 3.91. The zero-order chi connectivity index (χ0) is 23.1. The first kappa shape index (κ1) is 21.3. The maximum absolute atomic E-state index is 13.3. The second-order valence-electron chi connectivity index (χ2n) is 7.22. The summed E-state index contributed by atoms with van der Waals surface area (Å²) in [5.41, 5.74) is 2.47. The predicted molar refractivity (Wildman–Crippen MR) is 133 cm³/mol. The quantitative estimate of drug-likeness (QED) is 0.244. The van der Waals surface area contributed by atoms with Gasteiger partial charge in [-0.3, -0.25) is 24.2 Å². The summed E-state index contributed by atoms with van der Waals surface area (Å²) in [7, 11) is 0. The number of pyridine rings is 1. The molecule has 1 fully saturated rings. The predicted octanol–water partition coefficient (Wildman–Crippen LogP) is 5.14. The molecule has 33 heavy (non-hydrogen) atoms. The fraction of sp³-hybridized carbons (Fsp3) is 0. The van der Waals surface area contributed by atoms with E-state index in [0.717, 1.165) is 11.1 Å². The fourth-order valence-electron chi connectivity index (χ4n) is 3.59. The third-order valence-corrected chi connectivity index (χ3v) is 5.94. The van der Waals surface area contributed by atoms with Crippen LogP contribution in [0.5, 0.6) is 0 Å². The lowest BCUT2D eigenvalue weighted by atomic mass is 10.1. The molecule has 0 atom stereocenters. The minimum Gasteiger partial charge on any atom is -0.299 e. The van der Waals surface area contributed by atoms with Crippen LogP contribution in [0.15, 0.2) is 78.5 Å². The van der Waals surface area contributed by atoms with Crippen molar-refractivity contribution >= 4 is 69.6 Å². The molecule has 2 aromatic heterocycles. The lowest BCUT2D eigenvalue weighted by Crippen LogP contribution is -2.54. The van der Waals surface area contributed by atoms with E-state index in [1.165, 1.54) is 11.0 Å². The number of imidazole rings is 1. The van der Waals surface area contributed by atoms with Crippen LogP contribution in [-0.2, 0) is 9.59 Å².